The molecule has 0 aliphatic carbocycles. The number of halogens is 3. The van der Waals surface area contributed by atoms with Gasteiger partial charge in [-0.05, 0) is 6.92 Å². The zero-order valence-corrected chi connectivity index (χ0v) is 17.9. The molecular weight excluding hydrogens is 467 g/mol. The molecule has 0 saturated carbocycles. The molecule has 176 valence electrons. The van der Waals surface area contributed by atoms with E-state index in [1.165, 1.54) is 11.3 Å². The van der Waals surface area contributed by atoms with Crippen molar-refractivity contribution >= 4 is 28.4 Å². The van der Waals surface area contributed by atoms with E-state index >= 15 is 0 Å². The molecule has 15 heteroatoms. The fourth-order valence-electron chi connectivity index (χ4n) is 3.19. The van der Waals surface area contributed by atoms with Gasteiger partial charge in [0.25, 0.3) is 11.4 Å². The van der Waals surface area contributed by atoms with Crippen molar-refractivity contribution in [3.8, 4) is 0 Å². The van der Waals surface area contributed by atoms with Gasteiger partial charge in [-0.3, -0.25) is 9.59 Å². The smallest absolute Gasteiger partial charge is 0.378 e. The van der Waals surface area contributed by atoms with Crippen LogP contribution in [0.1, 0.15) is 40.6 Å². The first-order valence-electron chi connectivity index (χ1n) is 9.72. The summed E-state index contributed by atoms with van der Waals surface area (Å²) < 4.78 is 50.0. The molecule has 0 bridgehead atoms. The molecule has 4 heterocycles. The minimum Gasteiger partial charge on any atom is -0.378 e. The van der Waals surface area contributed by atoms with Crippen molar-refractivity contribution in [1.29, 1.82) is 0 Å². The van der Waals surface area contributed by atoms with Crippen molar-refractivity contribution in [2.45, 2.75) is 31.7 Å². The molecule has 0 radical (unpaired) electrons. The highest BCUT2D eigenvalue weighted by Crippen LogP contribution is 2.33. The lowest BCUT2D eigenvalue weighted by Crippen LogP contribution is -2.45. The number of thiazole rings is 1. The van der Waals surface area contributed by atoms with Crippen LogP contribution in [0.5, 0.6) is 0 Å². The maximum atomic E-state index is 13.1. The van der Waals surface area contributed by atoms with Gasteiger partial charge in [-0.2, -0.15) is 23.3 Å². The van der Waals surface area contributed by atoms with Gasteiger partial charge in [0, 0.05) is 24.5 Å². The van der Waals surface area contributed by atoms with Crippen LogP contribution in [0.25, 0.3) is 0 Å². The lowest BCUT2D eigenvalue weighted by Gasteiger charge is -2.37. The van der Waals surface area contributed by atoms with E-state index in [1.54, 1.807) is 17.4 Å². The largest absolute Gasteiger partial charge is 0.423 e. The SMILES string of the molecule is CC(COCc1nc(C2CN(c3nc(C=O)cs3)C2)no1)Nc1cn[nH]c(=O)c1C(F)(F)F. The topological polar surface area (TPSA) is 139 Å². The number of rotatable bonds is 9. The molecule has 1 aliphatic rings. The summed E-state index contributed by atoms with van der Waals surface area (Å²) >= 11 is 1.39. The Balaban J connectivity index is 1.25. The molecular formula is C18H18F3N7O4S. The number of nitrogens with zero attached hydrogens (tertiary/aromatic N) is 5. The second kappa shape index (κ2) is 9.27. The third kappa shape index (κ3) is 5.19. The Bertz CT molecular complexity index is 1170. The molecule has 0 aromatic carbocycles. The zero-order chi connectivity index (χ0) is 23.6. The van der Waals surface area contributed by atoms with Gasteiger partial charge in [0.05, 0.1) is 24.4 Å². The van der Waals surface area contributed by atoms with E-state index in [2.05, 4.69) is 25.5 Å². The molecule has 1 unspecified atom stereocenters. The van der Waals surface area contributed by atoms with Gasteiger partial charge in [-0.15, -0.1) is 11.3 Å². The molecule has 4 rings (SSSR count). The van der Waals surface area contributed by atoms with Gasteiger partial charge in [-0.25, -0.2) is 10.1 Å². The summed E-state index contributed by atoms with van der Waals surface area (Å²) in [5.74, 6) is 0.811. The third-order valence-electron chi connectivity index (χ3n) is 4.77. The minimum absolute atomic E-state index is 0.0160. The summed E-state index contributed by atoms with van der Waals surface area (Å²) in [6.45, 7) is 2.86. The number of ether oxygens (including phenoxy) is 1. The number of nitrogens with one attached hydrogen (secondary N) is 2. The van der Waals surface area contributed by atoms with Gasteiger partial charge in [0.2, 0.25) is 0 Å². The number of hydrogen-bond donors (Lipinski definition) is 2. The van der Waals surface area contributed by atoms with E-state index in [9.17, 15) is 22.8 Å². The van der Waals surface area contributed by atoms with Crippen molar-refractivity contribution < 1.29 is 27.2 Å². The number of H-pyrrole nitrogens is 1. The molecule has 3 aromatic rings. The standard InChI is InChI=1S/C18H18F3N7O4S/c1-9(23-12-2-22-26-16(30)14(12)18(19,20)21)6-31-7-13-25-15(27-32-13)10-3-28(4-10)17-24-11(5-29)8-33-17/h2,5,8-10H,3-4,6-7H2,1H3,(H2,23,26,30). The first kappa shape index (κ1) is 22.8. The van der Waals surface area contributed by atoms with Crippen LogP contribution < -0.4 is 15.8 Å². The lowest BCUT2D eigenvalue weighted by atomic mass is 10.0. The van der Waals surface area contributed by atoms with E-state index in [4.69, 9.17) is 9.26 Å². The molecule has 0 spiro atoms. The first-order valence-corrected chi connectivity index (χ1v) is 10.6. The van der Waals surface area contributed by atoms with Crippen molar-refractivity contribution in [2.75, 3.05) is 29.9 Å². The molecule has 0 amide bonds. The fraction of sp³-hybridized carbons (Fsp3) is 0.444. The van der Waals surface area contributed by atoms with Gasteiger partial charge in [0.15, 0.2) is 17.2 Å². The summed E-state index contributed by atoms with van der Waals surface area (Å²) in [6.07, 6.45) is -3.23. The van der Waals surface area contributed by atoms with Crippen LogP contribution in [-0.2, 0) is 17.5 Å². The number of hydrogen-bond acceptors (Lipinski definition) is 11. The third-order valence-corrected chi connectivity index (χ3v) is 5.69. The summed E-state index contributed by atoms with van der Waals surface area (Å²) in [7, 11) is 0. The summed E-state index contributed by atoms with van der Waals surface area (Å²) in [6, 6.07) is -0.563. The number of anilines is 2. The lowest BCUT2D eigenvalue weighted by molar-refractivity contribution is -0.138. The van der Waals surface area contributed by atoms with E-state index in [1.807, 2.05) is 4.90 Å². The number of aromatic amines is 1. The monoisotopic (exact) mass is 485 g/mol. The Labute approximate surface area is 188 Å². The highest BCUT2D eigenvalue weighted by atomic mass is 32.1. The van der Waals surface area contributed by atoms with Crippen LogP contribution >= 0.6 is 11.3 Å². The average Bonchev–Trinajstić information content (AvgIpc) is 3.36. The number of carbonyl (C=O) groups is 1. The number of aromatic nitrogens is 5. The number of alkyl halides is 3. The summed E-state index contributed by atoms with van der Waals surface area (Å²) in [4.78, 5) is 32.7. The van der Waals surface area contributed by atoms with Crippen LogP contribution in [0, 0.1) is 0 Å². The summed E-state index contributed by atoms with van der Waals surface area (Å²) in [5, 5.41) is 14.2. The van der Waals surface area contributed by atoms with Gasteiger partial charge in [0.1, 0.15) is 17.9 Å². The number of carbonyl (C=O) groups excluding carboxylic acids is 1. The van der Waals surface area contributed by atoms with Crippen LogP contribution in [0.4, 0.5) is 24.0 Å². The van der Waals surface area contributed by atoms with Crippen molar-refractivity contribution in [3.05, 3.63) is 44.9 Å². The Kier molecular flexibility index (Phi) is 6.42. The van der Waals surface area contributed by atoms with Crippen LogP contribution in [0.15, 0.2) is 20.9 Å². The number of aldehydes is 1. The van der Waals surface area contributed by atoms with Crippen molar-refractivity contribution in [2.24, 2.45) is 0 Å². The molecule has 3 aromatic heterocycles. The molecule has 1 fully saturated rings. The second-order valence-corrected chi connectivity index (χ2v) is 8.20. The molecule has 11 nitrogen and oxygen atoms in total. The second-order valence-electron chi connectivity index (χ2n) is 7.37. The van der Waals surface area contributed by atoms with Gasteiger partial charge in [-0.1, -0.05) is 5.16 Å². The normalized spacial score (nSPS) is 15.3. The Morgan fingerprint density at radius 3 is 2.91 bits per heavy atom. The quantitative estimate of drug-likeness (QED) is 0.433. The van der Waals surface area contributed by atoms with Crippen LogP contribution in [-0.4, -0.2) is 57.3 Å². The molecule has 33 heavy (non-hydrogen) atoms. The first-order chi connectivity index (χ1) is 15.7. The zero-order valence-electron chi connectivity index (χ0n) is 17.1. The Morgan fingerprint density at radius 2 is 2.21 bits per heavy atom. The predicted molar refractivity (Wildman–Crippen MR) is 109 cm³/mol. The Morgan fingerprint density at radius 1 is 1.42 bits per heavy atom. The molecule has 2 N–H and O–H groups in total. The van der Waals surface area contributed by atoms with E-state index in [0.717, 1.165) is 11.3 Å². The van der Waals surface area contributed by atoms with Crippen LogP contribution in [0.2, 0.25) is 0 Å². The maximum Gasteiger partial charge on any atom is 0.423 e. The fourth-order valence-corrected chi connectivity index (χ4v) is 3.98. The summed E-state index contributed by atoms with van der Waals surface area (Å²) in [5.41, 5.74) is -2.71. The van der Waals surface area contributed by atoms with Gasteiger partial charge >= 0.3 is 6.18 Å². The highest BCUT2D eigenvalue weighted by Gasteiger charge is 2.37. The Hall–Kier alpha value is -3.33. The van der Waals surface area contributed by atoms with Gasteiger partial charge < -0.3 is 19.5 Å². The predicted octanol–water partition coefficient (Wildman–Crippen LogP) is 2.06. The molecule has 1 atom stereocenters. The van der Waals surface area contributed by atoms with E-state index in [-0.39, 0.29) is 25.0 Å². The van der Waals surface area contributed by atoms with Crippen molar-refractivity contribution in [3.63, 3.8) is 0 Å². The van der Waals surface area contributed by atoms with Crippen LogP contribution in [0.3, 0.4) is 0 Å². The highest BCUT2D eigenvalue weighted by molar-refractivity contribution is 7.13. The minimum atomic E-state index is -4.83. The molecule has 1 aliphatic heterocycles. The van der Waals surface area contributed by atoms with E-state index in [0.29, 0.717) is 30.9 Å². The average molecular weight is 485 g/mol. The van der Waals surface area contributed by atoms with Crippen molar-refractivity contribution in [1.82, 2.24) is 25.3 Å². The molecule has 1 saturated heterocycles. The maximum absolute atomic E-state index is 13.1. The van der Waals surface area contributed by atoms with E-state index < -0.39 is 29.0 Å².